The molecule has 1 aliphatic heterocycles. The number of carboxylic acids is 1. The zero-order chi connectivity index (χ0) is 21.8. The molecule has 1 N–H and O–H groups in total. The third-order valence-electron chi connectivity index (χ3n) is 4.54. The van der Waals surface area contributed by atoms with Gasteiger partial charge >= 0.3 is 12.1 Å². The fourth-order valence-corrected chi connectivity index (χ4v) is 3.19. The number of ether oxygens (including phenoxy) is 2. The topological polar surface area (TPSA) is 96.4 Å². The first-order valence-corrected chi connectivity index (χ1v) is 9.78. The van der Waals surface area contributed by atoms with Crippen molar-refractivity contribution in [3.05, 3.63) is 29.3 Å². The normalized spacial score (nSPS) is 17.1. The van der Waals surface area contributed by atoms with Gasteiger partial charge in [-0.25, -0.2) is 9.59 Å². The Morgan fingerprint density at radius 1 is 1.21 bits per heavy atom. The molecule has 2 rings (SSSR count). The van der Waals surface area contributed by atoms with Crippen molar-refractivity contribution < 1.29 is 29.0 Å². The van der Waals surface area contributed by atoms with Crippen LogP contribution in [0.1, 0.15) is 50.5 Å². The smallest absolute Gasteiger partial charge is 0.410 e. The molecule has 0 bridgehead atoms. The minimum Gasteiger partial charge on any atom is -0.493 e. The third kappa shape index (κ3) is 6.10. The summed E-state index contributed by atoms with van der Waals surface area (Å²) in [6, 6.07) is 4.53. The van der Waals surface area contributed by atoms with E-state index in [2.05, 4.69) is 0 Å². The van der Waals surface area contributed by atoms with Gasteiger partial charge in [-0.05, 0) is 52.3 Å². The number of aromatic carboxylic acids is 1. The Morgan fingerprint density at radius 3 is 2.45 bits per heavy atom. The second-order valence-corrected chi connectivity index (χ2v) is 8.11. The largest absolute Gasteiger partial charge is 0.493 e. The average Bonchev–Trinajstić information content (AvgIpc) is 2.60. The van der Waals surface area contributed by atoms with Gasteiger partial charge in [-0.1, -0.05) is 6.07 Å². The van der Waals surface area contributed by atoms with Crippen LogP contribution in [0.2, 0.25) is 0 Å². The van der Waals surface area contributed by atoms with E-state index >= 15 is 0 Å². The monoisotopic (exact) mass is 406 g/mol. The molecule has 0 spiro atoms. The van der Waals surface area contributed by atoms with Crippen LogP contribution in [0.4, 0.5) is 4.79 Å². The van der Waals surface area contributed by atoms with Crippen LogP contribution in [-0.2, 0) is 16.0 Å². The summed E-state index contributed by atoms with van der Waals surface area (Å²) in [7, 11) is 0. The second-order valence-electron chi connectivity index (χ2n) is 8.11. The third-order valence-corrected chi connectivity index (χ3v) is 4.54. The van der Waals surface area contributed by atoms with Gasteiger partial charge in [0.05, 0.1) is 13.0 Å². The minimum absolute atomic E-state index is 0.0719. The number of piperazine rings is 1. The van der Waals surface area contributed by atoms with Crippen molar-refractivity contribution in [3.8, 4) is 5.75 Å². The van der Waals surface area contributed by atoms with Crippen LogP contribution >= 0.6 is 0 Å². The van der Waals surface area contributed by atoms with Gasteiger partial charge in [-0.15, -0.1) is 0 Å². The quantitative estimate of drug-likeness (QED) is 0.808. The van der Waals surface area contributed by atoms with Crippen LogP contribution in [-0.4, -0.2) is 70.8 Å². The van der Waals surface area contributed by atoms with Crippen LogP contribution in [0, 0.1) is 0 Å². The molecule has 1 aromatic carbocycles. The first-order valence-electron chi connectivity index (χ1n) is 9.78. The van der Waals surface area contributed by atoms with Crippen molar-refractivity contribution in [2.24, 2.45) is 0 Å². The molecular weight excluding hydrogens is 376 g/mol. The summed E-state index contributed by atoms with van der Waals surface area (Å²) in [5, 5.41) is 9.24. The van der Waals surface area contributed by atoms with Gasteiger partial charge in [0, 0.05) is 25.7 Å². The van der Waals surface area contributed by atoms with Crippen molar-refractivity contribution in [2.75, 3.05) is 26.2 Å². The lowest BCUT2D eigenvalue weighted by molar-refractivity contribution is -0.133. The van der Waals surface area contributed by atoms with E-state index in [4.69, 9.17) is 9.47 Å². The lowest BCUT2D eigenvalue weighted by Crippen LogP contribution is -2.56. The first kappa shape index (κ1) is 22.5. The van der Waals surface area contributed by atoms with Crippen LogP contribution in [0.15, 0.2) is 18.2 Å². The molecule has 1 atom stereocenters. The number of carbonyl (C=O) groups is 3. The summed E-state index contributed by atoms with van der Waals surface area (Å²) in [5.41, 5.74) is 0.192. The lowest BCUT2D eigenvalue weighted by Gasteiger charge is -2.40. The lowest BCUT2D eigenvalue weighted by atomic mass is 10.1. The van der Waals surface area contributed by atoms with Gasteiger partial charge in [0.25, 0.3) is 0 Å². The van der Waals surface area contributed by atoms with E-state index < -0.39 is 11.6 Å². The molecule has 1 aliphatic rings. The van der Waals surface area contributed by atoms with E-state index in [0.717, 1.165) is 0 Å². The van der Waals surface area contributed by atoms with Gasteiger partial charge in [0.1, 0.15) is 16.9 Å². The van der Waals surface area contributed by atoms with Gasteiger partial charge in [-0.3, -0.25) is 4.79 Å². The van der Waals surface area contributed by atoms with Gasteiger partial charge in [0.15, 0.2) is 0 Å². The molecule has 2 amide bonds. The van der Waals surface area contributed by atoms with Crippen LogP contribution < -0.4 is 4.74 Å². The standard InChI is InChI=1S/C21H30N2O6/c1-6-28-17-11-15(7-8-16(17)19(25)26)12-18(24)22-9-10-23(14(2)13-22)20(27)29-21(3,4)5/h7-8,11,14H,6,9-10,12-13H2,1-5H3,(H,25,26)/t14-/m1/s1. The van der Waals surface area contributed by atoms with E-state index in [0.29, 0.717) is 31.8 Å². The Morgan fingerprint density at radius 2 is 1.90 bits per heavy atom. The molecule has 0 saturated carbocycles. The molecule has 160 valence electrons. The van der Waals surface area contributed by atoms with Crippen LogP contribution in [0.3, 0.4) is 0 Å². The Balaban J connectivity index is 2.01. The number of nitrogens with zero attached hydrogens (tertiary/aromatic N) is 2. The maximum Gasteiger partial charge on any atom is 0.410 e. The highest BCUT2D eigenvalue weighted by Crippen LogP contribution is 2.22. The van der Waals surface area contributed by atoms with E-state index in [9.17, 15) is 19.5 Å². The molecule has 8 heteroatoms. The first-order chi connectivity index (χ1) is 13.5. The summed E-state index contributed by atoms with van der Waals surface area (Å²) in [6.45, 7) is 10.7. The van der Waals surface area contributed by atoms with Gasteiger partial charge in [-0.2, -0.15) is 0 Å². The molecule has 0 unspecified atom stereocenters. The number of amides is 2. The van der Waals surface area contributed by atoms with Crippen molar-refractivity contribution in [1.29, 1.82) is 0 Å². The molecule has 0 aliphatic carbocycles. The minimum atomic E-state index is -1.07. The zero-order valence-corrected chi connectivity index (χ0v) is 17.7. The van der Waals surface area contributed by atoms with Crippen molar-refractivity contribution in [3.63, 3.8) is 0 Å². The number of rotatable bonds is 5. The molecule has 0 aromatic heterocycles. The van der Waals surface area contributed by atoms with E-state index in [1.54, 1.807) is 28.9 Å². The molecule has 1 heterocycles. The highest BCUT2D eigenvalue weighted by Gasteiger charge is 2.32. The Bertz CT molecular complexity index is 771. The molecule has 0 radical (unpaired) electrons. The van der Waals surface area contributed by atoms with Crippen LogP contribution in [0.5, 0.6) is 5.75 Å². The Kier molecular flexibility index (Phi) is 7.11. The maximum atomic E-state index is 12.7. The molecule has 1 fully saturated rings. The summed E-state index contributed by atoms with van der Waals surface area (Å²) in [5.74, 6) is -0.891. The number of benzene rings is 1. The predicted octanol–water partition coefficient (Wildman–Crippen LogP) is 2.79. The van der Waals surface area contributed by atoms with E-state index in [1.807, 2.05) is 27.7 Å². The zero-order valence-electron chi connectivity index (χ0n) is 17.7. The Labute approximate surface area is 171 Å². The summed E-state index contributed by atoms with van der Waals surface area (Å²) >= 11 is 0. The fourth-order valence-electron chi connectivity index (χ4n) is 3.19. The number of carboxylic acid groups (broad SMARTS) is 1. The van der Waals surface area contributed by atoms with E-state index in [-0.39, 0.29) is 35.8 Å². The molecular formula is C21H30N2O6. The summed E-state index contributed by atoms with van der Waals surface area (Å²) in [6.07, 6.45) is -0.234. The number of carbonyl (C=O) groups excluding carboxylic acids is 2. The highest BCUT2D eigenvalue weighted by atomic mass is 16.6. The van der Waals surface area contributed by atoms with Gasteiger partial charge < -0.3 is 24.4 Å². The second kappa shape index (κ2) is 9.15. The van der Waals surface area contributed by atoms with E-state index in [1.165, 1.54) is 6.07 Å². The summed E-state index contributed by atoms with van der Waals surface area (Å²) in [4.78, 5) is 39.7. The number of hydrogen-bond donors (Lipinski definition) is 1. The number of hydrogen-bond acceptors (Lipinski definition) is 5. The molecule has 8 nitrogen and oxygen atoms in total. The fraction of sp³-hybridized carbons (Fsp3) is 0.571. The van der Waals surface area contributed by atoms with Crippen LogP contribution in [0.25, 0.3) is 0 Å². The van der Waals surface area contributed by atoms with Gasteiger partial charge in [0.2, 0.25) is 5.91 Å². The van der Waals surface area contributed by atoms with Crippen molar-refractivity contribution >= 4 is 18.0 Å². The summed E-state index contributed by atoms with van der Waals surface area (Å²) < 4.78 is 10.8. The maximum absolute atomic E-state index is 12.7. The predicted molar refractivity (Wildman–Crippen MR) is 107 cm³/mol. The average molecular weight is 406 g/mol. The van der Waals surface area contributed by atoms with Crippen molar-refractivity contribution in [2.45, 2.75) is 52.7 Å². The molecule has 1 aromatic rings. The SMILES string of the molecule is CCOc1cc(CC(=O)N2CCN(C(=O)OC(C)(C)C)[C@H](C)C2)ccc1C(=O)O. The van der Waals surface area contributed by atoms with Crippen molar-refractivity contribution in [1.82, 2.24) is 9.80 Å². The molecule has 1 saturated heterocycles. The molecule has 29 heavy (non-hydrogen) atoms. The Hall–Kier alpha value is -2.77. The highest BCUT2D eigenvalue weighted by molar-refractivity contribution is 5.91.